The number of nitrogens with zero attached hydrogens (tertiary/aromatic N) is 3. The fourth-order valence-electron chi connectivity index (χ4n) is 3.79. The van der Waals surface area contributed by atoms with Gasteiger partial charge in [-0.1, -0.05) is 17.7 Å². The molecule has 0 unspecified atom stereocenters. The van der Waals surface area contributed by atoms with Gasteiger partial charge in [-0.05, 0) is 69.2 Å². The van der Waals surface area contributed by atoms with E-state index in [-0.39, 0.29) is 5.91 Å². The van der Waals surface area contributed by atoms with Crippen LogP contribution in [0.1, 0.15) is 43.1 Å². The van der Waals surface area contributed by atoms with Crippen molar-refractivity contribution in [2.45, 2.75) is 27.7 Å². The molecule has 1 N–H and O–H groups in total. The van der Waals surface area contributed by atoms with E-state index >= 15 is 0 Å². The molecule has 0 spiro atoms. The van der Waals surface area contributed by atoms with Crippen molar-refractivity contribution in [3.05, 3.63) is 82.0 Å². The zero-order valence-electron chi connectivity index (χ0n) is 18.7. The SMILES string of the molecule is COC(=O)c1cccc(C(=O)Nc2cc(C)nn2-c2cc(C)c3cc(C)cc(C)c3n2)c1. The highest BCUT2D eigenvalue weighted by molar-refractivity contribution is 6.05. The maximum Gasteiger partial charge on any atom is 0.337 e. The van der Waals surface area contributed by atoms with Gasteiger partial charge in [-0.25, -0.2) is 9.78 Å². The third kappa shape index (κ3) is 3.97. The number of hydrogen-bond acceptors (Lipinski definition) is 5. The summed E-state index contributed by atoms with van der Waals surface area (Å²) in [6.45, 7) is 8.00. The molecule has 2 aromatic heterocycles. The Kier molecular flexibility index (Phi) is 5.48. The van der Waals surface area contributed by atoms with Crippen molar-refractivity contribution < 1.29 is 14.3 Å². The minimum Gasteiger partial charge on any atom is -0.465 e. The zero-order chi connectivity index (χ0) is 23.0. The molecule has 0 saturated carbocycles. The van der Waals surface area contributed by atoms with Crippen LogP contribution in [0.15, 0.2) is 48.5 Å². The quantitative estimate of drug-likeness (QED) is 0.477. The van der Waals surface area contributed by atoms with Gasteiger partial charge in [-0.3, -0.25) is 4.79 Å². The Morgan fingerprint density at radius 3 is 2.44 bits per heavy atom. The van der Waals surface area contributed by atoms with Crippen LogP contribution >= 0.6 is 0 Å². The van der Waals surface area contributed by atoms with Gasteiger partial charge in [0.15, 0.2) is 5.82 Å². The highest BCUT2D eigenvalue weighted by atomic mass is 16.5. The lowest BCUT2D eigenvalue weighted by Crippen LogP contribution is -2.16. The smallest absolute Gasteiger partial charge is 0.337 e. The van der Waals surface area contributed by atoms with Crippen molar-refractivity contribution >= 4 is 28.6 Å². The second-order valence-corrected chi connectivity index (χ2v) is 7.88. The van der Waals surface area contributed by atoms with E-state index in [2.05, 4.69) is 29.5 Å². The molecule has 0 saturated heterocycles. The Morgan fingerprint density at radius 1 is 0.938 bits per heavy atom. The van der Waals surface area contributed by atoms with Gasteiger partial charge in [-0.2, -0.15) is 9.78 Å². The Hall–Kier alpha value is -4.00. The molecule has 4 aromatic rings. The molecule has 2 heterocycles. The van der Waals surface area contributed by atoms with Crippen molar-refractivity contribution in [1.29, 1.82) is 0 Å². The molecule has 0 radical (unpaired) electrons. The zero-order valence-corrected chi connectivity index (χ0v) is 18.7. The van der Waals surface area contributed by atoms with Crippen molar-refractivity contribution in [2.75, 3.05) is 12.4 Å². The fraction of sp³-hybridized carbons (Fsp3) is 0.200. The number of aryl methyl sites for hydroxylation is 4. The van der Waals surface area contributed by atoms with E-state index in [1.54, 1.807) is 28.9 Å². The van der Waals surface area contributed by atoms with Crippen molar-refractivity contribution in [3.63, 3.8) is 0 Å². The van der Waals surface area contributed by atoms with E-state index in [4.69, 9.17) is 9.72 Å². The molecule has 7 heteroatoms. The van der Waals surface area contributed by atoms with Gasteiger partial charge >= 0.3 is 5.97 Å². The number of hydrogen-bond donors (Lipinski definition) is 1. The van der Waals surface area contributed by atoms with Gasteiger partial charge in [-0.15, -0.1) is 0 Å². The largest absolute Gasteiger partial charge is 0.465 e. The molecule has 2 aromatic carbocycles. The van der Waals surface area contributed by atoms with Crippen LogP contribution in [0.3, 0.4) is 0 Å². The van der Waals surface area contributed by atoms with Crippen LogP contribution in [-0.2, 0) is 4.74 Å². The minimum atomic E-state index is -0.498. The van der Waals surface area contributed by atoms with Gasteiger partial charge in [0.25, 0.3) is 5.91 Å². The van der Waals surface area contributed by atoms with Crippen molar-refractivity contribution in [3.8, 4) is 5.82 Å². The summed E-state index contributed by atoms with van der Waals surface area (Å²) in [5, 5.41) is 8.54. The van der Waals surface area contributed by atoms with E-state index < -0.39 is 5.97 Å². The van der Waals surface area contributed by atoms with E-state index in [1.807, 2.05) is 26.8 Å². The number of aromatic nitrogens is 3. The lowest BCUT2D eigenvalue weighted by molar-refractivity contribution is 0.0600. The van der Waals surface area contributed by atoms with Gasteiger partial charge in [0.2, 0.25) is 0 Å². The van der Waals surface area contributed by atoms with Crippen LogP contribution in [-0.4, -0.2) is 33.8 Å². The lowest BCUT2D eigenvalue weighted by Gasteiger charge is -2.12. The molecule has 0 fully saturated rings. The predicted molar refractivity (Wildman–Crippen MR) is 124 cm³/mol. The number of esters is 1. The first-order chi connectivity index (χ1) is 15.3. The van der Waals surface area contributed by atoms with Crippen molar-refractivity contribution in [1.82, 2.24) is 14.8 Å². The first-order valence-corrected chi connectivity index (χ1v) is 10.2. The van der Waals surface area contributed by atoms with Gasteiger partial charge in [0.05, 0.1) is 23.9 Å². The molecule has 0 aliphatic carbocycles. The Balaban J connectivity index is 1.73. The maximum absolute atomic E-state index is 12.9. The topological polar surface area (TPSA) is 86.1 Å². The summed E-state index contributed by atoms with van der Waals surface area (Å²) in [5.41, 5.74) is 5.64. The first-order valence-electron chi connectivity index (χ1n) is 10.2. The third-order valence-electron chi connectivity index (χ3n) is 5.28. The second kappa shape index (κ2) is 8.26. The van der Waals surface area contributed by atoms with E-state index in [9.17, 15) is 9.59 Å². The molecule has 0 aliphatic rings. The summed E-state index contributed by atoms with van der Waals surface area (Å²) in [4.78, 5) is 29.6. The number of anilines is 1. The number of nitrogens with one attached hydrogen (secondary N) is 1. The van der Waals surface area contributed by atoms with Crippen LogP contribution in [0.25, 0.3) is 16.7 Å². The minimum absolute atomic E-state index is 0.308. The number of rotatable bonds is 4. The molecule has 32 heavy (non-hydrogen) atoms. The number of fused-ring (bicyclic) bond motifs is 1. The number of benzene rings is 2. The van der Waals surface area contributed by atoms with Gasteiger partial charge in [0.1, 0.15) is 5.82 Å². The van der Waals surface area contributed by atoms with E-state index in [0.717, 1.165) is 27.7 Å². The molecule has 0 atom stereocenters. The Morgan fingerprint density at radius 2 is 1.69 bits per heavy atom. The fourth-order valence-corrected chi connectivity index (χ4v) is 3.79. The Labute approximate surface area is 186 Å². The van der Waals surface area contributed by atoms with E-state index in [0.29, 0.717) is 22.8 Å². The summed E-state index contributed by atoms with van der Waals surface area (Å²) in [5.74, 6) is 0.254. The summed E-state index contributed by atoms with van der Waals surface area (Å²) in [6.07, 6.45) is 0. The van der Waals surface area contributed by atoms with Crippen molar-refractivity contribution in [2.24, 2.45) is 0 Å². The Bertz CT molecular complexity index is 1370. The average molecular weight is 428 g/mol. The third-order valence-corrected chi connectivity index (χ3v) is 5.28. The van der Waals surface area contributed by atoms with Crippen LogP contribution in [0.2, 0.25) is 0 Å². The highest BCUT2D eigenvalue weighted by Gasteiger charge is 2.16. The molecular weight excluding hydrogens is 404 g/mol. The molecule has 162 valence electrons. The number of carbonyl (C=O) groups is 2. The van der Waals surface area contributed by atoms with Crippen LogP contribution < -0.4 is 5.32 Å². The van der Waals surface area contributed by atoms with Crippen LogP contribution in [0.4, 0.5) is 5.82 Å². The van der Waals surface area contributed by atoms with Gasteiger partial charge in [0, 0.05) is 17.0 Å². The summed E-state index contributed by atoms with van der Waals surface area (Å²) in [6, 6.07) is 14.3. The second-order valence-electron chi connectivity index (χ2n) is 7.88. The van der Waals surface area contributed by atoms with Crippen LogP contribution in [0.5, 0.6) is 0 Å². The molecule has 1 amide bonds. The first kappa shape index (κ1) is 21.2. The van der Waals surface area contributed by atoms with E-state index in [1.165, 1.54) is 18.7 Å². The molecule has 7 nitrogen and oxygen atoms in total. The molecular formula is C25H24N4O3. The molecule has 0 aliphatic heterocycles. The van der Waals surface area contributed by atoms with Crippen LogP contribution in [0, 0.1) is 27.7 Å². The number of pyridine rings is 1. The maximum atomic E-state index is 12.9. The highest BCUT2D eigenvalue weighted by Crippen LogP contribution is 2.26. The molecule has 4 rings (SSSR count). The number of carbonyl (C=O) groups excluding carboxylic acids is 2. The summed E-state index contributed by atoms with van der Waals surface area (Å²) < 4.78 is 6.37. The summed E-state index contributed by atoms with van der Waals surface area (Å²) >= 11 is 0. The lowest BCUT2D eigenvalue weighted by atomic mass is 10.0. The average Bonchev–Trinajstić information content (AvgIpc) is 3.13. The molecule has 0 bridgehead atoms. The van der Waals surface area contributed by atoms with Gasteiger partial charge < -0.3 is 10.1 Å². The standard InChI is InChI=1S/C25H24N4O3/c1-14-9-16(3)23-20(10-14)15(2)11-21(26-23)29-22(12-17(4)28-29)27-24(30)18-7-6-8-19(13-18)25(31)32-5/h6-13H,1-5H3,(H,27,30). The number of ether oxygens (including phenoxy) is 1. The number of methoxy groups -OCH3 is 1. The predicted octanol–water partition coefficient (Wildman–Crippen LogP) is 4.69. The normalized spacial score (nSPS) is 10.9. The number of amides is 1. The summed E-state index contributed by atoms with van der Waals surface area (Å²) in [7, 11) is 1.30. The monoisotopic (exact) mass is 428 g/mol.